The Bertz CT molecular complexity index is 927. The molecule has 2 aromatic rings. The molecule has 0 saturated carbocycles. The lowest BCUT2D eigenvalue weighted by atomic mass is 10.2. The van der Waals surface area contributed by atoms with Crippen LogP contribution in [0.4, 0.5) is 0 Å². The monoisotopic (exact) mass is 415 g/mol. The molecule has 0 aliphatic carbocycles. The molecule has 0 unspecified atom stereocenters. The fourth-order valence-electron chi connectivity index (χ4n) is 2.10. The fourth-order valence-corrected chi connectivity index (χ4v) is 2.22. The Balaban J connectivity index is 1.89. The summed E-state index contributed by atoms with van der Waals surface area (Å²) in [5.74, 6) is -2.70. The number of carbonyl (C=O) groups is 4. The van der Waals surface area contributed by atoms with Gasteiger partial charge in [-0.2, -0.15) is 0 Å². The molecule has 2 rings (SSSR count). The first-order valence-corrected chi connectivity index (χ1v) is 8.79. The predicted molar refractivity (Wildman–Crippen MR) is 106 cm³/mol. The van der Waals surface area contributed by atoms with E-state index in [-0.39, 0.29) is 11.3 Å². The van der Waals surface area contributed by atoms with E-state index >= 15 is 0 Å². The SMILES string of the molecule is CC(=O)NC(=Cc1ccccc1)C(=O)OCC(=O)NNC(=O)c1ccc(Cl)cc1. The number of nitrogens with one attached hydrogen (secondary N) is 3. The van der Waals surface area contributed by atoms with Gasteiger partial charge in [-0.1, -0.05) is 41.9 Å². The molecule has 0 fully saturated rings. The number of ether oxygens (including phenoxy) is 1. The molecule has 9 heteroatoms. The van der Waals surface area contributed by atoms with Gasteiger partial charge in [-0.05, 0) is 35.9 Å². The molecule has 0 atom stereocenters. The molecule has 150 valence electrons. The van der Waals surface area contributed by atoms with Gasteiger partial charge in [-0.25, -0.2) is 4.79 Å². The number of rotatable bonds is 6. The van der Waals surface area contributed by atoms with E-state index in [4.69, 9.17) is 16.3 Å². The van der Waals surface area contributed by atoms with Crippen LogP contribution in [-0.4, -0.2) is 30.3 Å². The van der Waals surface area contributed by atoms with Gasteiger partial charge in [0.15, 0.2) is 6.61 Å². The van der Waals surface area contributed by atoms with Crippen molar-refractivity contribution in [3.8, 4) is 0 Å². The largest absolute Gasteiger partial charge is 0.451 e. The zero-order valence-corrected chi connectivity index (χ0v) is 16.2. The second kappa shape index (κ2) is 10.6. The van der Waals surface area contributed by atoms with Gasteiger partial charge in [0, 0.05) is 17.5 Å². The molecule has 0 saturated heterocycles. The zero-order chi connectivity index (χ0) is 21.2. The molecular weight excluding hydrogens is 398 g/mol. The van der Waals surface area contributed by atoms with Crippen molar-refractivity contribution in [2.75, 3.05) is 6.61 Å². The quantitative estimate of drug-likeness (QED) is 0.378. The molecule has 0 spiro atoms. The van der Waals surface area contributed by atoms with Gasteiger partial charge >= 0.3 is 5.97 Å². The fraction of sp³-hybridized carbons (Fsp3) is 0.100. The van der Waals surface area contributed by atoms with Crippen molar-refractivity contribution in [2.45, 2.75) is 6.92 Å². The molecule has 0 aliphatic rings. The first-order valence-electron chi connectivity index (χ1n) is 8.41. The molecule has 0 radical (unpaired) electrons. The standard InChI is InChI=1S/C20H18ClN3O5/c1-13(25)22-17(11-14-5-3-2-4-6-14)20(28)29-12-18(26)23-24-19(27)15-7-9-16(21)10-8-15/h2-11H,12H2,1H3,(H,22,25)(H,23,26)(H,24,27). The molecule has 3 N–H and O–H groups in total. The van der Waals surface area contributed by atoms with Crippen LogP contribution in [0.2, 0.25) is 5.02 Å². The zero-order valence-electron chi connectivity index (χ0n) is 15.4. The Morgan fingerprint density at radius 2 is 1.62 bits per heavy atom. The molecule has 8 nitrogen and oxygen atoms in total. The smallest absolute Gasteiger partial charge is 0.355 e. The summed E-state index contributed by atoms with van der Waals surface area (Å²) in [4.78, 5) is 47.2. The minimum Gasteiger partial charge on any atom is -0.451 e. The topological polar surface area (TPSA) is 114 Å². The third kappa shape index (κ3) is 7.47. The molecule has 0 bridgehead atoms. The van der Waals surface area contributed by atoms with Gasteiger partial charge in [-0.3, -0.25) is 25.2 Å². The van der Waals surface area contributed by atoms with Crippen LogP contribution in [0.15, 0.2) is 60.3 Å². The Labute approximate surface area is 171 Å². The number of benzene rings is 2. The molecule has 29 heavy (non-hydrogen) atoms. The van der Waals surface area contributed by atoms with Crippen LogP contribution >= 0.6 is 11.6 Å². The summed E-state index contributed by atoms with van der Waals surface area (Å²) < 4.78 is 4.89. The molecular formula is C20H18ClN3O5. The first kappa shape index (κ1) is 21.6. The molecule has 0 heterocycles. The second-order valence-corrected chi connectivity index (χ2v) is 6.17. The van der Waals surface area contributed by atoms with Gasteiger partial charge in [0.1, 0.15) is 5.70 Å². The number of amides is 3. The molecule has 2 aromatic carbocycles. The van der Waals surface area contributed by atoms with Crippen molar-refractivity contribution < 1.29 is 23.9 Å². The van der Waals surface area contributed by atoms with Crippen LogP contribution in [0.1, 0.15) is 22.8 Å². The second-order valence-electron chi connectivity index (χ2n) is 5.74. The highest BCUT2D eigenvalue weighted by Crippen LogP contribution is 2.09. The number of carbonyl (C=O) groups excluding carboxylic acids is 4. The van der Waals surface area contributed by atoms with Crippen molar-refractivity contribution in [2.24, 2.45) is 0 Å². The van der Waals surface area contributed by atoms with Crippen molar-refractivity contribution in [1.29, 1.82) is 0 Å². The Morgan fingerprint density at radius 3 is 2.24 bits per heavy atom. The van der Waals surface area contributed by atoms with E-state index in [1.807, 2.05) is 0 Å². The predicted octanol–water partition coefficient (Wildman–Crippen LogP) is 1.82. The van der Waals surface area contributed by atoms with E-state index < -0.39 is 30.3 Å². The summed E-state index contributed by atoms with van der Waals surface area (Å²) in [5.41, 5.74) is 5.13. The lowest BCUT2D eigenvalue weighted by molar-refractivity contribution is -0.145. The maximum atomic E-state index is 12.2. The van der Waals surface area contributed by atoms with Crippen molar-refractivity contribution in [1.82, 2.24) is 16.2 Å². The van der Waals surface area contributed by atoms with E-state index in [0.717, 1.165) is 0 Å². The Morgan fingerprint density at radius 1 is 0.966 bits per heavy atom. The Kier molecular flexibility index (Phi) is 7.93. The van der Waals surface area contributed by atoms with Crippen LogP contribution in [0.3, 0.4) is 0 Å². The summed E-state index contributed by atoms with van der Waals surface area (Å²) in [7, 11) is 0. The molecule has 0 aromatic heterocycles. The minimum absolute atomic E-state index is 0.123. The maximum absolute atomic E-state index is 12.2. The summed E-state index contributed by atoms with van der Waals surface area (Å²) >= 11 is 5.74. The number of halogens is 1. The third-order valence-electron chi connectivity index (χ3n) is 3.40. The van der Waals surface area contributed by atoms with Crippen molar-refractivity contribution >= 4 is 41.4 Å². The minimum atomic E-state index is -0.900. The number of hydrogen-bond donors (Lipinski definition) is 3. The lowest BCUT2D eigenvalue weighted by Gasteiger charge is -2.10. The number of hydrogen-bond acceptors (Lipinski definition) is 5. The van der Waals surface area contributed by atoms with E-state index in [0.29, 0.717) is 10.6 Å². The van der Waals surface area contributed by atoms with Crippen LogP contribution in [0.5, 0.6) is 0 Å². The molecule has 3 amide bonds. The lowest BCUT2D eigenvalue weighted by Crippen LogP contribution is -2.43. The Hall–Kier alpha value is -3.65. The van der Waals surface area contributed by atoms with Gasteiger partial charge in [0.2, 0.25) is 5.91 Å². The highest BCUT2D eigenvalue weighted by Gasteiger charge is 2.15. The van der Waals surface area contributed by atoms with E-state index in [1.165, 1.54) is 37.3 Å². The number of esters is 1. The van der Waals surface area contributed by atoms with Crippen LogP contribution in [-0.2, 0) is 19.1 Å². The van der Waals surface area contributed by atoms with Crippen molar-refractivity contribution in [3.63, 3.8) is 0 Å². The van der Waals surface area contributed by atoms with E-state index in [2.05, 4.69) is 16.2 Å². The normalized spacial score (nSPS) is 10.6. The summed E-state index contributed by atoms with van der Waals surface area (Å²) in [6, 6.07) is 14.8. The summed E-state index contributed by atoms with van der Waals surface area (Å²) in [6.07, 6.45) is 1.42. The van der Waals surface area contributed by atoms with Crippen LogP contribution < -0.4 is 16.2 Å². The summed E-state index contributed by atoms with van der Waals surface area (Å²) in [5, 5.41) is 2.83. The van der Waals surface area contributed by atoms with Gasteiger partial charge in [0.25, 0.3) is 11.8 Å². The highest BCUT2D eigenvalue weighted by atomic mass is 35.5. The van der Waals surface area contributed by atoms with E-state index in [1.54, 1.807) is 30.3 Å². The average Bonchev–Trinajstić information content (AvgIpc) is 2.70. The van der Waals surface area contributed by atoms with Crippen molar-refractivity contribution in [3.05, 3.63) is 76.4 Å². The maximum Gasteiger partial charge on any atom is 0.355 e. The third-order valence-corrected chi connectivity index (χ3v) is 3.65. The molecule has 0 aliphatic heterocycles. The van der Waals surface area contributed by atoms with E-state index in [9.17, 15) is 19.2 Å². The first-order chi connectivity index (χ1) is 13.8. The van der Waals surface area contributed by atoms with Crippen LogP contribution in [0.25, 0.3) is 6.08 Å². The van der Waals surface area contributed by atoms with Crippen LogP contribution in [0, 0.1) is 0 Å². The highest BCUT2D eigenvalue weighted by molar-refractivity contribution is 6.30. The number of hydrazine groups is 1. The average molecular weight is 416 g/mol. The summed E-state index contributed by atoms with van der Waals surface area (Å²) in [6.45, 7) is 0.580. The van der Waals surface area contributed by atoms with Gasteiger partial charge < -0.3 is 10.1 Å². The van der Waals surface area contributed by atoms with Gasteiger partial charge in [-0.15, -0.1) is 0 Å². The van der Waals surface area contributed by atoms with Gasteiger partial charge in [0.05, 0.1) is 0 Å².